The molecule has 184 valence electrons. The van der Waals surface area contributed by atoms with Crippen LogP contribution >= 0.6 is 24.0 Å². The largest absolute Gasteiger partial charge is 0.444 e. The lowest BCUT2D eigenvalue weighted by atomic mass is 10.1. The summed E-state index contributed by atoms with van der Waals surface area (Å²) >= 11 is 0. The number of carbonyl (C=O) groups is 1. The van der Waals surface area contributed by atoms with Crippen molar-refractivity contribution >= 4 is 41.7 Å². The summed E-state index contributed by atoms with van der Waals surface area (Å²) in [6.07, 6.45) is -4.00. The maximum absolute atomic E-state index is 12.4. The average molecular weight is 573 g/mol. The zero-order valence-corrected chi connectivity index (χ0v) is 21.6. The van der Waals surface area contributed by atoms with Gasteiger partial charge in [0.1, 0.15) is 5.60 Å². The highest BCUT2D eigenvalue weighted by Gasteiger charge is 2.28. The lowest BCUT2D eigenvalue weighted by molar-refractivity contribution is -0.142. The molecule has 3 N–H and O–H groups in total. The number of rotatable bonds is 9. The second kappa shape index (κ2) is 14.4. The molecule has 0 bridgehead atoms. The molecule has 11 heteroatoms. The van der Waals surface area contributed by atoms with Crippen LogP contribution in [-0.4, -0.2) is 68.5 Å². The van der Waals surface area contributed by atoms with Crippen LogP contribution in [0.3, 0.4) is 0 Å². The first-order valence-corrected chi connectivity index (χ1v) is 10.2. The summed E-state index contributed by atoms with van der Waals surface area (Å²) in [5.41, 5.74) is 1.14. The summed E-state index contributed by atoms with van der Waals surface area (Å²) in [5, 5.41) is 8.93. The van der Waals surface area contributed by atoms with Gasteiger partial charge in [-0.1, -0.05) is 12.1 Å². The first-order valence-electron chi connectivity index (χ1n) is 10.2. The van der Waals surface area contributed by atoms with E-state index >= 15 is 0 Å². The minimum absolute atomic E-state index is 0. The normalized spacial score (nSPS) is 12.2. The number of anilines is 1. The van der Waals surface area contributed by atoms with Crippen LogP contribution in [0.1, 0.15) is 33.3 Å². The minimum atomic E-state index is -4.21. The summed E-state index contributed by atoms with van der Waals surface area (Å²) in [5.74, 6) is 0.561. The number of alkyl halides is 3. The molecule has 0 saturated heterocycles. The van der Waals surface area contributed by atoms with Crippen LogP contribution in [-0.2, 0) is 11.2 Å². The average Bonchev–Trinajstić information content (AvgIpc) is 2.60. The van der Waals surface area contributed by atoms with Crippen molar-refractivity contribution in [3.05, 3.63) is 29.8 Å². The lowest BCUT2D eigenvalue weighted by Gasteiger charge is -2.19. The number of guanidine groups is 1. The van der Waals surface area contributed by atoms with Gasteiger partial charge in [0, 0.05) is 25.3 Å². The van der Waals surface area contributed by atoms with Crippen LogP contribution in [0.2, 0.25) is 0 Å². The zero-order valence-electron chi connectivity index (χ0n) is 19.3. The number of hydrogen-bond acceptors (Lipinski definition) is 4. The Labute approximate surface area is 205 Å². The lowest BCUT2D eigenvalue weighted by Crippen LogP contribution is -2.39. The first kappa shape index (κ1) is 30.2. The molecule has 7 nitrogen and oxygen atoms in total. The maximum Gasteiger partial charge on any atom is 0.412 e. The topological polar surface area (TPSA) is 78.0 Å². The summed E-state index contributed by atoms with van der Waals surface area (Å²) in [7, 11) is 1.42. The van der Waals surface area contributed by atoms with Gasteiger partial charge in [0.2, 0.25) is 0 Å². The number of carbonyl (C=O) groups excluding carboxylic acids is 1. The van der Waals surface area contributed by atoms with Crippen LogP contribution in [0.5, 0.6) is 0 Å². The molecule has 0 atom stereocenters. The molecule has 1 rings (SSSR count). The van der Waals surface area contributed by atoms with Gasteiger partial charge in [-0.3, -0.25) is 15.2 Å². The van der Waals surface area contributed by atoms with Gasteiger partial charge in [-0.2, -0.15) is 13.2 Å². The van der Waals surface area contributed by atoms with Crippen molar-refractivity contribution in [1.29, 1.82) is 0 Å². The van der Waals surface area contributed by atoms with E-state index in [0.29, 0.717) is 31.2 Å². The van der Waals surface area contributed by atoms with Gasteiger partial charge in [-0.25, -0.2) is 4.79 Å². The van der Waals surface area contributed by atoms with Gasteiger partial charge in [0.05, 0.1) is 13.1 Å². The monoisotopic (exact) mass is 573 g/mol. The quantitative estimate of drug-likeness (QED) is 0.234. The Bertz CT molecular complexity index is 707. The molecule has 0 spiro atoms. The summed E-state index contributed by atoms with van der Waals surface area (Å²) in [6.45, 7) is 8.08. The van der Waals surface area contributed by atoms with Gasteiger partial charge in [-0.15, -0.1) is 24.0 Å². The van der Waals surface area contributed by atoms with Crippen molar-refractivity contribution in [1.82, 2.24) is 15.5 Å². The fourth-order valence-corrected chi connectivity index (χ4v) is 2.56. The third-order valence-electron chi connectivity index (χ3n) is 3.85. The third-order valence-corrected chi connectivity index (χ3v) is 3.85. The van der Waals surface area contributed by atoms with Crippen molar-refractivity contribution < 1.29 is 22.7 Å². The van der Waals surface area contributed by atoms with Gasteiger partial charge < -0.3 is 15.4 Å². The van der Waals surface area contributed by atoms with Crippen molar-refractivity contribution in [3.8, 4) is 0 Å². The van der Waals surface area contributed by atoms with Crippen LogP contribution in [0, 0.1) is 0 Å². The smallest absolute Gasteiger partial charge is 0.412 e. The Kier molecular flexibility index (Phi) is 13.6. The molecule has 1 aromatic rings. The molecule has 1 amide bonds. The molecule has 1 aromatic carbocycles. The number of nitrogens with zero attached hydrogens (tertiary/aromatic N) is 2. The van der Waals surface area contributed by atoms with E-state index in [4.69, 9.17) is 4.74 Å². The van der Waals surface area contributed by atoms with E-state index in [-0.39, 0.29) is 37.1 Å². The molecular weight excluding hydrogens is 538 g/mol. The molecule has 0 fully saturated rings. The Morgan fingerprint density at radius 3 is 2.28 bits per heavy atom. The van der Waals surface area contributed by atoms with E-state index in [9.17, 15) is 18.0 Å². The number of amides is 1. The molecule has 32 heavy (non-hydrogen) atoms. The van der Waals surface area contributed by atoms with Gasteiger partial charge in [-0.05, 0) is 58.9 Å². The Hall–Kier alpha value is -1.76. The molecule has 0 unspecified atom stereocenters. The molecule has 0 aliphatic carbocycles. The molecule has 0 heterocycles. The fourth-order valence-electron chi connectivity index (χ4n) is 2.56. The first-order chi connectivity index (χ1) is 14.4. The van der Waals surface area contributed by atoms with Crippen molar-refractivity contribution in [3.63, 3.8) is 0 Å². The van der Waals surface area contributed by atoms with Crippen molar-refractivity contribution in [2.45, 2.75) is 45.9 Å². The molecule has 0 saturated carbocycles. The van der Waals surface area contributed by atoms with Crippen LogP contribution in [0.4, 0.5) is 23.7 Å². The van der Waals surface area contributed by atoms with Crippen LogP contribution < -0.4 is 16.0 Å². The van der Waals surface area contributed by atoms with Gasteiger partial charge in [0.15, 0.2) is 5.96 Å². The summed E-state index contributed by atoms with van der Waals surface area (Å²) in [6, 6.07) is 7.42. The predicted molar refractivity (Wildman–Crippen MR) is 133 cm³/mol. The number of nitrogens with one attached hydrogen (secondary N) is 3. The predicted octanol–water partition coefficient (Wildman–Crippen LogP) is 4.24. The maximum atomic E-state index is 12.4. The van der Waals surface area contributed by atoms with Gasteiger partial charge >= 0.3 is 12.3 Å². The van der Waals surface area contributed by atoms with E-state index < -0.39 is 24.4 Å². The number of ether oxygens (including phenoxy) is 1. The highest BCUT2D eigenvalue weighted by molar-refractivity contribution is 14.0. The number of benzene rings is 1. The minimum Gasteiger partial charge on any atom is -0.444 e. The Morgan fingerprint density at radius 2 is 1.75 bits per heavy atom. The van der Waals surface area contributed by atoms with Crippen molar-refractivity contribution in [2.24, 2.45) is 4.99 Å². The molecule has 0 radical (unpaired) electrons. The highest BCUT2D eigenvalue weighted by atomic mass is 127. The second-order valence-electron chi connectivity index (χ2n) is 8.11. The standard InChI is InChI=1S/C21H34F3N5O2.HI/c1-6-25-18(27-13-14-29(5)15-21(22,23)24)26-12-11-16-7-9-17(10-8-16)28-19(30)31-20(2,3)4;/h7-10H,6,11-15H2,1-5H3,(H,28,30)(H2,25,26,27);1H. The zero-order chi connectivity index (χ0) is 23.5. The molecule has 0 aliphatic rings. The van der Waals surface area contributed by atoms with Crippen LogP contribution in [0.15, 0.2) is 29.3 Å². The number of likely N-dealkylation sites (N-methyl/N-ethyl adjacent to an activating group) is 1. The van der Waals surface area contributed by atoms with E-state index in [1.54, 1.807) is 32.9 Å². The van der Waals surface area contributed by atoms with Crippen LogP contribution in [0.25, 0.3) is 0 Å². The Morgan fingerprint density at radius 1 is 1.12 bits per heavy atom. The molecular formula is C21H35F3IN5O2. The Balaban J connectivity index is 0.00000961. The highest BCUT2D eigenvalue weighted by Crippen LogP contribution is 2.15. The van der Waals surface area contributed by atoms with E-state index in [1.807, 2.05) is 19.1 Å². The van der Waals surface area contributed by atoms with Crippen molar-refractivity contribution in [2.75, 3.05) is 45.1 Å². The van der Waals surface area contributed by atoms with E-state index in [2.05, 4.69) is 20.9 Å². The SMILES string of the molecule is CCNC(=NCCN(C)CC(F)(F)F)NCCc1ccc(NC(=O)OC(C)(C)C)cc1.I. The third kappa shape index (κ3) is 15.1. The van der Waals surface area contributed by atoms with E-state index in [1.165, 1.54) is 11.9 Å². The molecule has 0 aromatic heterocycles. The number of hydrogen-bond donors (Lipinski definition) is 3. The van der Waals surface area contributed by atoms with Gasteiger partial charge in [0.25, 0.3) is 0 Å². The fraction of sp³-hybridized carbons (Fsp3) is 0.619. The number of halogens is 4. The molecule has 0 aliphatic heterocycles. The summed E-state index contributed by atoms with van der Waals surface area (Å²) in [4.78, 5) is 17.3. The van der Waals surface area contributed by atoms with E-state index in [0.717, 1.165) is 5.56 Å². The second-order valence-corrected chi connectivity index (χ2v) is 8.11. The number of aliphatic imine (C=N–C) groups is 1. The summed E-state index contributed by atoms with van der Waals surface area (Å²) < 4.78 is 42.3.